The Bertz CT molecular complexity index is 1070. The molecule has 3 aromatic rings. The quantitative estimate of drug-likeness (QED) is 0.389. The number of carbonyl (C=O) groups excluding carboxylic acids is 1. The number of hydrogen-bond acceptors (Lipinski definition) is 4. The van der Waals surface area contributed by atoms with Crippen molar-refractivity contribution in [1.29, 1.82) is 0 Å². The third-order valence-electron chi connectivity index (χ3n) is 3.94. The summed E-state index contributed by atoms with van der Waals surface area (Å²) in [5.41, 5.74) is 0.503. The maximum atomic E-state index is 12.6. The minimum absolute atomic E-state index is 0.134. The van der Waals surface area contributed by atoms with E-state index in [2.05, 4.69) is 10.0 Å². The summed E-state index contributed by atoms with van der Waals surface area (Å²) in [4.78, 5) is 13.8. The van der Waals surface area contributed by atoms with Crippen LogP contribution in [-0.4, -0.2) is 26.6 Å². The van der Waals surface area contributed by atoms with Crippen molar-refractivity contribution in [3.05, 3.63) is 89.4 Å². The fourth-order valence-corrected chi connectivity index (χ4v) is 4.53. The smallest absolute Gasteiger partial charge is 0.261 e. The number of thioether (sulfide) groups is 1. The zero-order valence-corrected chi connectivity index (χ0v) is 17.7. The van der Waals surface area contributed by atoms with E-state index >= 15 is 0 Å². The largest absolute Gasteiger partial charge is 0.351 e. The lowest BCUT2D eigenvalue weighted by Crippen LogP contribution is -2.27. The van der Waals surface area contributed by atoms with Crippen LogP contribution in [0.15, 0.2) is 88.7 Å². The summed E-state index contributed by atoms with van der Waals surface area (Å²) in [5, 5.41) is 3.50. The lowest BCUT2D eigenvalue weighted by atomic mass is 10.2. The average molecular weight is 447 g/mol. The highest BCUT2D eigenvalue weighted by atomic mass is 35.5. The van der Waals surface area contributed by atoms with Gasteiger partial charge in [0.1, 0.15) is 0 Å². The van der Waals surface area contributed by atoms with Gasteiger partial charge < -0.3 is 5.32 Å². The normalized spacial score (nSPS) is 11.1. The van der Waals surface area contributed by atoms with Gasteiger partial charge in [-0.2, -0.15) is 0 Å². The van der Waals surface area contributed by atoms with E-state index in [0.29, 0.717) is 17.3 Å². The molecule has 2 N–H and O–H groups in total. The van der Waals surface area contributed by atoms with Crippen LogP contribution in [-0.2, 0) is 10.0 Å². The second-order valence-electron chi connectivity index (χ2n) is 6.02. The van der Waals surface area contributed by atoms with Crippen molar-refractivity contribution >= 4 is 45.0 Å². The van der Waals surface area contributed by atoms with Crippen molar-refractivity contribution in [3.63, 3.8) is 0 Å². The van der Waals surface area contributed by atoms with Crippen molar-refractivity contribution in [2.75, 3.05) is 17.0 Å². The first-order valence-corrected chi connectivity index (χ1v) is 11.6. The molecule has 0 saturated carbocycles. The summed E-state index contributed by atoms with van der Waals surface area (Å²) in [6.45, 7) is 0.436. The number of benzene rings is 3. The predicted octanol–water partition coefficient (Wildman–Crippen LogP) is 4.66. The molecule has 0 aliphatic heterocycles. The van der Waals surface area contributed by atoms with Gasteiger partial charge in [-0.25, -0.2) is 8.42 Å². The predicted molar refractivity (Wildman–Crippen MR) is 118 cm³/mol. The minimum Gasteiger partial charge on any atom is -0.351 e. The van der Waals surface area contributed by atoms with Crippen LogP contribution >= 0.6 is 23.4 Å². The molecule has 0 unspecified atom stereocenters. The van der Waals surface area contributed by atoms with E-state index in [4.69, 9.17) is 11.6 Å². The van der Waals surface area contributed by atoms with Crippen molar-refractivity contribution in [3.8, 4) is 0 Å². The molecule has 0 fully saturated rings. The third-order valence-corrected chi connectivity index (χ3v) is 6.59. The van der Waals surface area contributed by atoms with Crippen LogP contribution in [0.3, 0.4) is 0 Å². The van der Waals surface area contributed by atoms with Gasteiger partial charge in [-0.05, 0) is 48.5 Å². The number of rotatable bonds is 8. The van der Waals surface area contributed by atoms with E-state index < -0.39 is 10.0 Å². The molecule has 0 bridgehead atoms. The van der Waals surface area contributed by atoms with Crippen LogP contribution in [0.2, 0.25) is 5.02 Å². The number of anilines is 1. The molecule has 0 spiro atoms. The van der Waals surface area contributed by atoms with Crippen LogP contribution in [0.5, 0.6) is 0 Å². The Morgan fingerprint density at radius 3 is 2.28 bits per heavy atom. The molecule has 3 rings (SSSR count). The molecular formula is C21H19ClN2O3S2. The van der Waals surface area contributed by atoms with E-state index in [-0.39, 0.29) is 22.1 Å². The Balaban J connectivity index is 1.62. The lowest BCUT2D eigenvalue weighted by molar-refractivity contribution is 0.0957. The van der Waals surface area contributed by atoms with E-state index in [1.54, 1.807) is 54.2 Å². The Hall–Kier alpha value is -2.48. The van der Waals surface area contributed by atoms with E-state index in [1.807, 2.05) is 24.3 Å². The maximum absolute atomic E-state index is 12.6. The highest BCUT2D eigenvalue weighted by molar-refractivity contribution is 7.99. The van der Waals surface area contributed by atoms with Crippen molar-refractivity contribution in [1.82, 2.24) is 5.32 Å². The second-order valence-corrected chi connectivity index (χ2v) is 9.31. The van der Waals surface area contributed by atoms with Crippen LogP contribution < -0.4 is 10.0 Å². The monoisotopic (exact) mass is 446 g/mol. The molecule has 0 atom stereocenters. The van der Waals surface area contributed by atoms with Crippen LogP contribution in [0.25, 0.3) is 0 Å². The van der Waals surface area contributed by atoms with Gasteiger partial charge in [0.15, 0.2) is 0 Å². The Kier molecular flexibility index (Phi) is 7.19. The number of hydrogen-bond donors (Lipinski definition) is 2. The SMILES string of the molecule is O=C(NCCSc1ccc(Cl)cc1)c1ccccc1NS(=O)(=O)c1ccccc1. The van der Waals surface area contributed by atoms with Gasteiger partial charge in [-0.1, -0.05) is 41.9 Å². The highest BCUT2D eigenvalue weighted by Gasteiger charge is 2.18. The molecule has 1 amide bonds. The molecule has 0 aliphatic carbocycles. The summed E-state index contributed by atoms with van der Waals surface area (Å²) in [7, 11) is -3.78. The first kappa shape index (κ1) is 21.2. The number of amides is 1. The molecule has 29 heavy (non-hydrogen) atoms. The molecule has 150 valence electrons. The summed E-state index contributed by atoms with van der Waals surface area (Å²) in [6, 6.07) is 22.0. The molecule has 0 heterocycles. The fourth-order valence-electron chi connectivity index (χ4n) is 2.53. The zero-order valence-electron chi connectivity index (χ0n) is 15.3. The van der Waals surface area contributed by atoms with E-state index in [0.717, 1.165) is 4.90 Å². The van der Waals surface area contributed by atoms with Gasteiger partial charge >= 0.3 is 0 Å². The molecule has 0 saturated heterocycles. The molecule has 0 aliphatic rings. The summed E-state index contributed by atoms with van der Waals surface area (Å²) < 4.78 is 27.6. The molecule has 3 aromatic carbocycles. The van der Waals surface area contributed by atoms with E-state index in [1.165, 1.54) is 12.1 Å². The maximum Gasteiger partial charge on any atom is 0.261 e. The average Bonchev–Trinajstić information content (AvgIpc) is 2.73. The van der Waals surface area contributed by atoms with Gasteiger partial charge in [0.2, 0.25) is 0 Å². The molecule has 0 aromatic heterocycles. The van der Waals surface area contributed by atoms with Crippen LogP contribution in [0.1, 0.15) is 10.4 Å². The second kappa shape index (κ2) is 9.82. The lowest BCUT2D eigenvalue weighted by Gasteiger charge is -2.13. The Morgan fingerprint density at radius 2 is 1.55 bits per heavy atom. The molecule has 8 heteroatoms. The number of halogens is 1. The van der Waals surface area contributed by atoms with Crippen LogP contribution in [0.4, 0.5) is 5.69 Å². The molecule has 5 nitrogen and oxygen atoms in total. The zero-order chi connectivity index (χ0) is 20.7. The molecular weight excluding hydrogens is 428 g/mol. The summed E-state index contributed by atoms with van der Waals surface area (Å²) >= 11 is 7.46. The van der Waals surface area contributed by atoms with Gasteiger partial charge in [0.25, 0.3) is 15.9 Å². The number of carbonyl (C=O) groups is 1. The summed E-state index contributed by atoms with van der Waals surface area (Å²) in [6.07, 6.45) is 0. The summed E-state index contributed by atoms with van der Waals surface area (Å²) in [5.74, 6) is 0.332. The standard InChI is InChI=1S/C21H19ClN2O3S2/c22-16-10-12-17(13-11-16)28-15-14-23-21(25)19-8-4-5-9-20(19)24-29(26,27)18-6-2-1-3-7-18/h1-13,24H,14-15H2,(H,23,25). The first-order chi connectivity index (χ1) is 14.0. The van der Waals surface area contributed by atoms with E-state index in [9.17, 15) is 13.2 Å². The minimum atomic E-state index is -3.78. The topological polar surface area (TPSA) is 75.3 Å². The van der Waals surface area contributed by atoms with Crippen molar-refractivity contribution in [2.24, 2.45) is 0 Å². The Labute approximate surface area is 179 Å². The van der Waals surface area contributed by atoms with Gasteiger partial charge in [0.05, 0.1) is 16.1 Å². The van der Waals surface area contributed by atoms with Gasteiger partial charge in [0, 0.05) is 22.2 Å². The van der Waals surface area contributed by atoms with Crippen LogP contribution in [0, 0.1) is 0 Å². The number of para-hydroxylation sites is 1. The van der Waals surface area contributed by atoms with Crippen molar-refractivity contribution in [2.45, 2.75) is 9.79 Å². The molecule has 0 radical (unpaired) electrons. The third kappa shape index (κ3) is 6.00. The van der Waals surface area contributed by atoms with Gasteiger partial charge in [-0.15, -0.1) is 11.8 Å². The number of sulfonamides is 1. The first-order valence-electron chi connectivity index (χ1n) is 8.79. The van der Waals surface area contributed by atoms with Crippen molar-refractivity contribution < 1.29 is 13.2 Å². The number of nitrogens with one attached hydrogen (secondary N) is 2. The Morgan fingerprint density at radius 1 is 0.897 bits per heavy atom. The highest BCUT2D eigenvalue weighted by Crippen LogP contribution is 2.21. The fraction of sp³-hybridized carbons (Fsp3) is 0.0952. The van der Waals surface area contributed by atoms with Gasteiger partial charge in [-0.3, -0.25) is 9.52 Å².